The smallest absolute Gasteiger partial charge is 0.311 e. The van der Waals surface area contributed by atoms with E-state index < -0.39 is 17.8 Å². The van der Waals surface area contributed by atoms with Crippen LogP contribution in [0.1, 0.15) is 18.9 Å². The van der Waals surface area contributed by atoms with Gasteiger partial charge in [0, 0.05) is 29.4 Å². The second kappa shape index (κ2) is 8.89. The van der Waals surface area contributed by atoms with Crippen molar-refractivity contribution in [2.45, 2.75) is 19.8 Å². The monoisotopic (exact) mass is 400 g/mol. The van der Waals surface area contributed by atoms with Gasteiger partial charge < -0.3 is 15.0 Å². The Morgan fingerprint density at radius 1 is 1.14 bits per heavy atom. The van der Waals surface area contributed by atoms with Gasteiger partial charge in [0.05, 0.1) is 5.92 Å². The quantitative estimate of drug-likeness (QED) is 0.753. The molecule has 1 saturated heterocycles. The summed E-state index contributed by atoms with van der Waals surface area (Å²) in [6, 6.07) is 14.3. The van der Waals surface area contributed by atoms with E-state index >= 15 is 0 Å². The molecule has 1 N–H and O–H groups in total. The average Bonchev–Trinajstić information content (AvgIpc) is 3.09. The second-order valence-corrected chi connectivity index (χ2v) is 7.02. The van der Waals surface area contributed by atoms with Gasteiger partial charge in [0.1, 0.15) is 0 Å². The van der Waals surface area contributed by atoms with Crippen LogP contribution in [0.15, 0.2) is 48.5 Å². The molecule has 28 heavy (non-hydrogen) atoms. The van der Waals surface area contributed by atoms with Crippen molar-refractivity contribution in [2.24, 2.45) is 5.92 Å². The molecule has 0 aliphatic carbocycles. The number of nitrogens with one attached hydrogen (secondary N) is 1. The number of carbonyl (C=O) groups excluding carboxylic acids is 3. The normalized spacial score (nSPS) is 16.1. The summed E-state index contributed by atoms with van der Waals surface area (Å²) in [6.07, 6.45) is 0.973. The number of benzene rings is 2. The Balaban J connectivity index is 1.49. The summed E-state index contributed by atoms with van der Waals surface area (Å²) in [5.41, 5.74) is 2.49. The highest BCUT2D eigenvalue weighted by Gasteiger charge is 2.36. The third kappa shape index (κ3) is 4.89. The lowest BCUT2D eigenvalue weighted by Crippen LogP contribution is -2.28. The zero-order valence-corrected chi connectivity index (χ0v) is 16.2. The molecule has 1 heterocycles. The van der Waals surface area contributed by atoms with Crippen LogP contribution in [0, 0.1) is 5.92 Å². The minimum atomic E-state index is -0.597. The molecule has 0 radical (unpaired) electrons. The van der Waals surface area contributed by atoms with Crippen LogP contribution in [-0.4, -0.2) is 30.9 Å². The van der Waals surface area contributed by atoms with Crippen LogP contribution in [0.4, 0.5) is 11.4 Å². The molecule has 0 aromatic heterocycles. The van der Waals surface area contributed by atoms with Crippen LogP contribution in [-0.2, 0) is 25.5 Å². The highest BCUT2D eigenvalue weighted by Crippen LogP contribution is 2.27. The summed E-state index contributed by atoms with van der Waals surface area (Å²) in [6.45, 7) is 1.88. The summed E-state index contributed by atoms with van der Waals surface area (Å²) in [5, 5.41) is 3.25. The first-order valence-corrected chi connectivity index (χ1v) is 9.45. The predicted octanol–water partition coefficient (Wildman–Crippen LogP) is 3.44. The number of ether oxygens (including phenoxy) is 1. The Bertz CT molecular complexity index is 865. The Morgan fingerprint density at radius 3 is 2.46 bits per heavy atom. The van der Waals surface area contributed by atoms with Crippen LogP contribution in [0.25, 0.3) is 0 Å². The lowest BCUT2D eigenvalue weighted by molar-refractivity contribution is -0.151. The molecule has 6 nitrogen and oxygen atoms in total. The van der Waals surface area contributed by atoms with Gasteiger partial charge in [-0.25, -0.2) is 0 Å². The fourth-order valence-electron chi connectivity index (χ4n) is 3.01. The third-order valence-corrected chi connectivity index (χ3v) is 4.84. The van der Waals surface area contributed by atoms with Crippen molar-refractivity contribution >= 4 is 40.8 Å². The number of rotatable bonds is 6. The summed E-state index contributed by atoms with van der Waals surface area (Å²) in [7, 11) is 0. The van der Waals surface area contributed by atoms with E-state index in [4.69, 9.17) is 16.3 Å². The van der Waals surface area contributed by atoms with E-state index in [0.29, 0.717) is 16.4 Å². The van der Waals surface area contributed by atoms with Gasteiger partial charge in [-0.05, 0) is 48.4 Å². The molecule has 1 aliphatic heterocycles. The maximum atomic E-state index is 12.3. The number of carbonyl (C=O) groups is 3. The second-order valence-electron chi connectivity index (χ2n) is 6.59. The average molecular weight is 401 g/mol. The summed E-state index contributed by atoms with van der Waals surface area (Å²) in [4.78, 5) is 38.0. The fraction of sp³-hybridized carbons (Fsp3) is 0.286. The van der Waals surface area contributed by atoms with Crippen LogP contribution < -0.4 is 10.2 Å². The highest BCUT2D eigenvalue weighted by atomic mass is 35.5. The fourth-order valence-corrected chi connectivity index (χ4v) is 3.14. The largest absolute Gasteiger partial charge is 0.455 e. The van der Waals surface area contributed by atoms with Gasteiger partial charge in [0.25, 0.3) is 5.91 Å². The van der Waals surface area contributed by atoms with E-state index in [2.05, 4.69) is 12.2 Å². The molecule has 2 aromatic rings. The molecule has 2 amide bonds. The predicted molar refractivity (Wildman–Crippen MR) is 107 cm³/mol. The lowest BCUT2D eigenvalue weighted by atomic mass is 10.1. The Kier molecular flexibility index (Phi) is 6.31. The van der Waals surface area contributed by atoms with Gasteiger partial charge in [-0.2, -0.15) is 0 Å². The lowest BCUT2D eigenvalue weighted by Gasteiger charge is -2.16. The molecule has 0 bridgehead atoms. The third-order valence-electron chi connectivity index (χ3n) is 4.59. The molecular weight excluding hydrogens is 380 g/mol. The topological polar surface area (TPSA) is 75.7 Å². The number of esters is 1. The number of nitrogens with zero attached hydrogens (tertiary/aromatic N) is 1. The molecule has 1 unspecified atom stereocenters. The Labute approximate surface area is 168 Å². The van der Waals surface area contributed by atoms with Crippen molar-refractivity contribution in [3.8, 4) is 0 Å². The first-order chi connectivity index (χ1) is 13.5. The molecule has 7 heteroatoms. The number of anilines is 2. The van der Waals surface area contributed by atoms with E-state index in [1.54, 1.807) is 36.4 Å². The molecule has 1 fully saturated rings. The number of halogens is 1. The van der Waals surface area contributed by atoms with Crippen molar-refractivity contribution in [1.82, 2.24) is 0 Å². The van der Waals surface area contributed by atoms with Crippen LogP contribution >= 0.6 is 11.6 Å². The SMILES string of the molecule is CCc1ccc(NC(=O)COC(=O)C2CC(=O)N(c3ccc(Cl)cc3)C2)cc1. The number of hydrogen-bond donors (Lipinski definition) is 1. The zero-order chi connectivity index (χ0) is 20.1. The van der Waals surface area contributed by atoms with Crippen molar-refractivity contribution in [3.05, 3.63) is 59.1 Å². The molecule has 3 rings (SSSR count). The number of amides is 2. The van der Waals surface area contributed by atoms with Crippen LogP contribution in [0.2, 0.25) is 5.02 Å². The van der Waals surface area contributed by atoms with Crippen molar-refractivity contribution in [3.63, 3.8) is 0 Å². The summed E-state index contributed by atoms with van der Waals surface area (Å²) >= 11 is 5.86. The maximum Gasteiger partial charge on any atom is 0.311 e. The van der Waals surface area contributed by atoms with E-state index in [0.717, 1.165) is 6.42 Å². The van der Waals surface area contributed by atoms with E-state index in [-0.39, 0.29) is 25.5 Å². The van der Waals surface area contributed by atoms with E-state index in [1.165, 1.54) is 10.5 Å². The Morgan fingerprint density at radius 2 is 1.82 bits per heavy atom. The van der Waals surface area contributed by atoms with Gasteiger partial charge in [-0.15, -0.1) is 0 Å². The highest BCUT2D eigenvalue weighted by molar-refractivity contribution is 6.30. The van der Waals surface area contributed by atoms with Gasteiger partial charge in [-0.3, -0.25) is 14.4 Å². The molecule has 1 atom stereocenters. The van der Waals surface area contributed by atoms with Gasteiger partial charge >= 0.3 is 5.97 Å². The number of aryl methyl sites for hydroxylation is 1. The van der Waals surface area contributed by atoms with Crippen LogP contribution in [0.5, 0.6) is 0 Å². The van der Waals surface area contributed by atoms with Crippen molar-refractivity contribution in [2.75, 3.05) is 23.4 Å². The summed E-state index contributed by atoms with van der Waals surface area (Å²) < 4.78 is 5.11. The number of hydrogen-bond acceptors (Lipinski definition) is 4. The van der Waals surface area contributed by atoms with Gasteiger partial charge in [-0.1, -0.05) is 30.7 Å². The molecular formula is C21H21ClN2O4. The van der Waals surface area contributed by atoms with Crippen LogP contribution in [0.3, 0.4) is 0 Å². The first kappa shape index (κ1) is 19.9. The molecule has 146 valence electrons. The molecule has 0 spiro atoms. The molecule has 1 aliphatic rings. The van der Waals surface area contributed by atoms with Gasteiger partial charge in [0.15, 0.2) is 6.61 Å². The first-order valence-electron chi connectivity index (χ1n) is 9.07. The van der Waals surface area contributed by atoms with E-state index in [1.807, 2.05) is 12.1 Å². The standard InChI is InChI=1S/C21H21ClN2O4/c1-2-14-3-7-17(8-4-14)23-19(25)13-28-21(27)15-11-20(26)24(12-15)18-9-5-16(22)6-10-18/h3-10,15H,2,11-13H2,1H3,(H,23,25). The maximum absolute atomic E-state index is 12.3. The Hall–Kier alpha value is -2.86. The van der Waals surface area contributed by atoms with E-state index in [9.17, 15) is 14.4 Å². The van der Waals surface area contributed by atoms with Gasteiger partial charge in [0.2, 0.25) is 5.91 Å². The minimum absolute atomic E-state index is 0.0571. The molecule has 0 saturated carbocycles. The zero-order valence-electron chi connectivity index (χ0n) is 15.5. The van der Waals surface area contributed by atoms with Crippen molar-refractivity contribution in [1.29, 1.82) is 0 Å². The van der Waals surface area contributed by atoms with Crippen molar-refractivity contribution < 1.29 is 19.1 Å². The summed E-state index contributed by atoms with van der Waals surface area (Å²) in [5.74, 6) is -1.73. The molecule has 2 aromatic carbocycles. The minimum Gasteiger partial charge on any atom is -0.455 e.